The van der Waals surface area contributed by atoms with Crippen LogP contribution in [0.2, 0.25) is 5.02 Å². The minimum absolute atomic E-state index is 0.717. The van der Waals surface area contributed by atoms with Gasteiger partial charge in [0, 0.05) is 22.2 Å². The number of fused-ring (bicyclic) bond motifs is 1. The number of aromatic nitrogens is 1. The lowest BCUT2D eigenvalue weighted by Crippen LogP contribution is -1.80. The standard InChI is InChI=1S/C14H10ClNO/c1-9-11-8-10(15)5-6-13(11)17-14(9)12-4-2-3-7-16-12/h2-8H,1H3. The molecule has 0 spiro atoms. The van der Waals surface area contributed by atoms with Crippen LogP contribution in [0.1, 0.15) is 5.56 Å². The first-order valence-corrected chi connectivity index (χ1v) is 5.73. The molecule has 0 saturated carbocycles. The minimum Gasteiger partial charge on any atom is -0.454 e. The molecule has 0 bridgehead atoms. The maximum absolute atomic E-state index is 5.99. The van der Waals surface area contributed by atoms with Gasteiger partial charge in [0.1, 0.15) is 11.3 Å². The van der Waals surface area contributed by atoms with E-state index in [1.165, 1.54) is 0 Å². The molecule has 17 heavy (non-hydrogen) atoms. The van der Waals surface area contributed by atoms with Crippen molar-refractivity contribution in [2.75, 3.05) is 0 Å². The summed E-state index contributed by atoms with van der Waals surface area (Å²) in [5.74, 6) is 0.808. The van der Waals surface area contributed by atoms with E-state index in [9.17, 15) is 0 Å². The summed E-state index contributed by atoms with van der Waals surface area (Å²) in [6, 6.07) is 11.4. The Morgan fingerprint density at radius 2 is 2.06 bits per heavy atom. The van der Waals surface area contributed by atoms with E-state index in [2.05, 4.69) is 4.98 Å². The van der Waals surface area contributed by atoms with Crippen molar-refractivity contribution < 1.29 is 4.42 Å². The number of furan rings is 1. The predicted molar refractivity (Wildman–Crippen MR) is 69.2 cm³/mol. The SMILES string of the molecule is Cc1c(-c2ccccn2)oc2ccc(Cl)cc12. The van der Waals surface area contributed by atoms with Crippen molar-refractivity contribution in [1.29, 1.82) is 0 Å². The molecular weight excluding hydrogens is 234 g/mol. The van der Waals surface area contributed by atoms with E-state index < -0.39 is 0 Å². The average Bonchev–Trinajstić information content (AvgIpc) is 2.68. The maximum atomic E-state index is 5.99. The summed E-state index contributed by atoms with van der Waals surface area (Å²) in [6.07, 6.45) is 1.76. The lowest BCUT2D eigenvalue weighted by atomic mass is 10.1. The first-order valence-electron chi connectivity index (χ1n) is 5.36. The Balaban J connectivity index is 2.28. The van der Waals surface area contributed by atoms with Crippen molar-refractivity contribution in [2.45, 2.75) is 6.92 Å². The fraction of sp³-hybridized carbons (Fsp3) is 0.0714. The van der Waals surface area contributed by atoms with Gasteiger partial charge in [0.05, 0.1) is 0 Å². The monoisotopic (exact) mass is 243 g/mol. The van der Waals surface area contributed by atoms with E-state index in [4.69, 9.17) is 16.0 Å². The minimum atomic E-state index is 0.717. The molecule has 3 aromatic rings. The average molecular weight is 244 g/mol. The van der Waals surface area contributed by atoms with Crippen LogP contribution in [0.25, 0.3) is 22.4 Å². The highest BCUT2D eigenvalue weighted by Gasteiger charge is 2.12. The number of hydrogen-bond acceptors (Lipinski definition) is 2. The van der Waals surface area contributed by atoms with Gasteiger partial charge in [-0.15, -0.1) is 0 Å². The number of nitrogens with zero attached hydrogens (tertiary/aromatic N) is 1. The second-order valence-corrected chi connectivity index (χ2v) is 4.35. The molecule has 0 atom stereocenters. The Morgan fingerprint density at radius 1 is 1.18 bits per heavy atom. The number of aryl methyl sites for hydroxylation is 1. The second-order valence-electron chi connectivity index (χ2n) is 3.91. The van der Waals surface area contributed by atoms with Gasteiger partial charge in [-0.05, 0) is 37.3 Å². The summed E-state index contributed by atoms with van der Waals surface area (Å²) in [7, 11) is 0. The van der Waals surface area contributed by atoms with E-state index in [1.807, 2.05) is 43.3 Å². The molecule has 0 aliphatic carbocycles. The lowest BCUT2D eigenvalue weighted by molar-refractivity contribution is 0.626. The molecule has 2 nitrogen and oxygen atoms in total. The molecule has 0 fully saturated rings. The van der Waals surface area contributed by atoms with Gasteiger partial charge >= 0.3 is 0 Å². The molecule has 0 aliphatic rings. The number of rotatable bonds is 1. The van der Waals surface area contributed by atoms with Crippen LogP contribution in [0, 0.1) is 6.92 Å². The van der Waals surface area contributed by atoms with Crippen molar-refractivity contribution in [1.82, 2.24) is 4.98 Å². The molecule has 0 amide bonds. The Kier molecular flexibility index (Phi) is 2.37. The largest absolute Gasteiger partial charge is 0.454 e. The summed E-state index contributed by atoms with van der Waals surface area (Å²) >= 11 is 5.99. The molecule has 84 valence electrons. The zero-order chi connectivity index (χ0) is 11.8. The summed E-state index contributed by atoms with van der Waals surface area (Å²) in [5, 5.41) is 1.76. The van der Waals surface area contributed by atoms with Crippen LogP contribution in [-0.4, -0.2) is 4.98 Å². The third-order valence-corrected chi connectivity index (χ3v) is 3.03. The Labute approximate surface area is 104 Å². The molecule has 0 saturated heterocycles. The Bertz CT molecular complexity index is 673. The molecule has 1 aromatic carbocycles. The third-order valence-electron chi connectivity index (χ3n) is 2.80. The van der Waals surface area contributed by atoms with Crippen LogP contribution in [0.15, 0.2) is 47.0 Å². The third kappa shape index (κ3) is 1.71. The van der Waals surface area contributed by atoms with Gasteiger partial charge in [0.25, 0.3) is 0 Å². The Morgan fingerprint density at radius 3 is 2.82 bits per heavy atom. The zero-order valence-corrected chi connectivity index (χ0v) is 10.0. The topological polar surface area (TPSA) is 26.0 Å². The molecule has 2 heterocycles. The molecule has 0 radical (unpaired) electrons. The molecule has 3 heteroatoms. The van der Waals surface area contributed by atoms with Crippen LogP contribution < -0.4 is 0 Å². The molecule has 0 unspecified atom stereocenters. The van der Waals surface area contributed by atoms with E-state index in [0.29, 0.717) is 5.02 Å². The van der Waals surface area contributed by atoms with Crippen LogP contribution >= 0.6 is 11.6 Å². The quantitative estimate of drug-likeness (QED) is 0.631. The first kappa shape index (κ1) is 10.4. The number of hydrogen-bond donors (Lipinski definition) is 0. The summed E-state index contributed by atoms with van der Waals surface area (Å²) < 4.78 is 5.82. The lowest BCUT2D eigenvalue weighted by Gasteiger charge is -1.95. The molecule has 0 aliphatic heterocycles. The predicted octanol–water partition coefficient (Wildman–Crippen LogP) is 4.46. The van der Waals surface area contributed by atoms with Crippen molar-refractivity contribution in [3.8, 4) is 11.5 Å². The second kappa shape index (κ2) is 3.90. The molecule has 2 aromatic heterocycles. The number of halogens is 1. The maximum Gasteiger partial charge on any atom is 0.156 e. The van der Waals surface area contributed by atoms with E-state index >= 15 is 0 Å². The molecule has 0 N–H and O–H groups in total. The number of pyridine rings is 1. The normalized spacial score (nSPS) is 10.9. The molecular formula is C14H10ClNO. The van der Waals surface area contributed by atoms with Crippen molar-refractivity contribution in [3.05, 3.63) is 53.2 Å². The van der Waals surface area contributed by atoms with Gasteiger partial charge in [-0.3, -0.25) is 4.98 Å². The fourth-order valence-corrected chi connectivity index (χ4v) is 2.11. The van der Waals surface area contributed by atoms with E-state index in [-0.39, 0.29) is 0 Å². The first-order chi connectivity index (χ1) is 8.25. The van der Waals surface area contributed by atoms with Crippen LogP contribution in [0.3, 0.4) is 0 Å². The highest BCUT2D eigenvalue weighted by atomic mass is 35.5. The highest BCUT2D eigenvalue weighted by Crippen LogP contribution is 2.33. The zero-order valence-electron chi connectivity index (χ0n) is 9.27. The van der Waals surface area contributed by atoms with Gasteiger partial charge in [-0.2, -0.15) is 0 Å². The van der Waals surface area contributed by atoms with Gasteiger partial charge in [0.2, 0.25) is 0 Å². The summed E-state index contributed by atoms with van der Waals surface area (Å²) in [4.78, 5) is 4.30. The van der Waals surface area contributed by atoms with Gasteiger partial charge in [0.15, 0.2) is 5.76 Å². The van der Waals surface area contributed by atoms with Crippen LogP contribution in [0.4, 0.5) is 0 Å². The van der Waals surface area contributed by atoms with Gasteiger partial charge < -0.3 is 4.42 Å². The van der Waals surface area contributed by atoms with Crippen LogP contribution in [-0.2, 0) is 0 Å². The molecule has 3 rings (SSSR count). The fourth-order valence-electron chi connectivity index (χ4n) is 1.93. The highest BCUT2D eigenvalue weighted by molar-refractivity contribution is 6.31. The smallest absolute Gasteiger partial charge is 0.156 e. The van der Waals surface area contributed by atoms with Gasteiger partial charge in [-0.25, -0.2) is 0 Å². The summed E-state index contributed by atoms with van der Waals surface area (Å²) in [5.41, 5.74) is 2.76. The van der Waals surface area contributed by atoms with E-state index in [1.54, 1.807) is 6.20 Å². The number of benzene rings is 1. The van der Waals surface area contributed by atoms with Crippen molar-refractivity contribution in [2.24, 2.45) is 0 Å². The van der Waals surface area contributed by atoms with Crippen LogP contribution in [0.5, 0.6) is 0 Å². The van der Waals surface area contributed by atoms with Crippen molar-refractivity contribution >= 4 is 22.6 Å². The van der Waals surface area contributed by atoms with Gasteiger partial charge in [-0.1, -0.05) is 17.7 Å². The van der Waals surface area contributed by atoms with Crippen molar-refractivity contribution in [3.63, 3.8) is 0 Å². The van der Waals surface area contributed by atoms with E-state index in [0.717, 1.165) is 28.0 Å². The summed E-state index contributed by atoms with van der Waals surface area (Å²) in [6.45, 7) is 2.02. The Hall–Kier alpha value is -1.80.